The molecule has 3 rings (SSSR count). The van der Waals surface area contributed by atoms with Crippen molar-refractivity contribution in [2.24, 2.45) is 0 Å². The Morgan fingerprint density at radius 1 is 1.00 bits per heavy atom. The number of nitrogens with zero attached hydrogens (tertiary/aromatic N) is 1. The Labute approximate surface area is 119 Å². The van der Waals surface area contributed by atoms with E-state index in [4.69, 9.17) is 0 Å². The van der Waals surface area contributed by atoms with Crippen molar-refractivity contribution in [3.8, 4) is 0 Å². The topological polar surface area (TPSA) is 39.1 Å². The number of fused-ring (bicyclic) bond motifs is 1. The van der Waals surface area contributed by atoms with Crippen LogP contribution in [0.4, 0.5) is 0 Å². The molecular weight excluding hydrogens is 270 g/mol. The third-order valence-electron chi connectivity index (χ3n) is 2.91. The lowest BCUT2D eigenvalue weighted by molar-refractivity contribution is 0.0978. The molecule has 0 atom stereocenters. The fourth-order valence-electron chi connectivity index (χ4n) is 1.92. The molecule has 0 spiro atoms. The number of aromatic nitrogens is 1. The van der Waals surface area contributed by atoms with Crippen LogP contribution >= 0.6 is 11.5 Å². The summed E-state index contributed by atoms with van der Waals surface area (Å²) in [6.07, 6.45) is 3.13. The Bertz CT molecular complexity index is 844. The van der Waals surface area contributed by atoms with Crippen LogP contribution in [-0.2, 0) is 0 Å². The van der Waals surface area contributed by atoms with Crippen LogP contribution in [0.25, 0.3) is 16.2 Å². The second-order valence-electron chi connectivity index (χ2n) is 4.27. The molecule has 0 saturated carbocycles. The zero-order chi connectivity index (χ0) is 13.9. The summed E-state index contributed by atoms with van der Waals surface area (Å²) in [6, 6.07) is 16.7. The van der Waals surface area contributed by atoms with Gasteiger partial charge in [-0.3, -0.25) is 9.59 Å². The second-order valence-corrected chi connectivity index (χ2v) is 5.26. The van der Waals surface area contributed by atoms with Gasteiger partial charge in [-0.05, 0) is 35.3 Å². The maximum Gasteiger partial charge on any atom is 0.275 e. The summed E-state index contributed by atoms with van der Waals surface area (Å²) in [4.78, 5) is 24.2. The lowest BCUT2D eigenvalue weighted by Gasteiger charge is -1.93. The van der Waals surface area contributed by atoms with Gasteiger partial charge in [0.15, 0.2) is 0 Å². The molecular formula is C16H11NO2S. The monoisotopic (exact) mass is 281 g/mol. The largest absolute Gasteiger partial charge is 0.275 e. The summed E-state index contributed by atoms with van der Waals surface area (Å²) in [5.74, 6) is -0.319. The Morgan fingerprint density at radius 2 is 1.70 bits per heavy atom. The first-order valence-electron chi connectivity index (χ1n) is 6.14. The third-order valence-corrected chi connectivity index (χ3v) is 3.99. The van der Waals surface area contributed by atoms with Gasteiger partial charge in [-0.2, -0.15) is 3.96 Å². The third kappa shape index (κ3) is 2.33. The van der Waals surface area contributed by atoms with Crippen molar-refractivity contribution in [2.45, 2.75) is 0 Å². The Morgan fingerprint density at radius 3 is 2.45 bits per heavy atom. The molecule has 3 aromatic rings. The number of hydrogen-bond donors (Lipinski definition) is 0. The standard InChI is InChI=1S/C16H11NO2S/c18-15(11-10-12-6-2-1-3-7-12)17-16(19)13-8-4-5-9-14(13)20-17/h1-11H/b11-10+. The van der Waals surface area contributed by atoms with E-state index in [1.165, 1.54) is 21.6 Å². The maximum absolute atomic E-state index is 12.1. The summed E-state index contributed by atoms with van der Waals surface area (Å²) >= 11 is 1.17. The van der Waals surface area contributed by atoms with E-state index in [1.54, 1.807) is 18.2 Å². The zero-order valence-corrected chi connectivity index (χ0v) is 11.3. The smallest absolute Gasteiger partial charge is 0.268 e. The highest BCUT2D eigenvalue weighted by Crippen LogP contribution is 2.15. The van der Waals surface area contributed by atoms with Crippen LogP contribution in [0.5, 0.6) is 0 Å². The van der Waals surface area contributed by atoms with Gasteiger partial charge < -0.3 is 0 Å². The predicted molar refractivity (Wildman–Crippen MR) is 82.2 cm³/mol. The molecule has 1 heterocycles. The number of benzene rings is 2. The van der Waals surface area contributed by atoms with E-state index in [-0.39, 0.29) is 11.5 Å². The van der Waals surface area contributed by atoms with Gasteiger partial charge in [0, 0.05) is 6.08 Å². The quantitative estimate of drug-likeness (QED) is 0.675. The van der Waals surface area contributed by atoms with Crippen LogP contribution in [-0.4, -0.2) is 9.86 Å². The summed E-state index contributed by atoms with van der Waals surface area (Å²) in [6.45, 7) is 0. The predicted octanol–water partition coefficient (Wildman–Crippen LogP) is 3.42. The number of carbonyl (C=O) groups excluding carboxylic acids is 1. The minimum Gasteiger partial charge on any atom is -0.268 e. The van der Waals surface area contributed by atoms with E-state index in [0.717, 1.165) is 10.3 Å². The van der Waals surface area contributed by atoms with E-state index < -0.39 is 0 Å². The van der Waals surface area contributed by atoms with Crippen molar-refractivity contribution in [2.75, 3.05) is 0 Å². The van der Waals surface area contributed by atoms with Crippen LogP contribution in [0, 0.1) is 0 Å². The lowest BCUT2D eigenvalue weighted by atomic mass is 10.2. The minimum absolute atomic E-state index is 0.256. The van der Waals surface area contributed by atoms with E-state index >= 15 is 0 Å². The molecule has 0 radical (unpaired) electrons. The highest BCUT2D eigenvalue weighted by atomic mass is 32.1. The van der Waals surface area contributed by atoms with E-state index in [0.29, 0.717) is 5.39 Å². The molecule has 0 N–H and O–H groups in total. The van der Waals surface area contributed by atoms with Crippen LogP contribution < -0.4 is 5.56 Å². The van der Waals surface area contributed by atoms with Gasteiger partial charge >= 0.3 is 0 Å². The van der Waals surface area contributed by atoms with Crippen molar-refractivity contribution in [3.63, 3.8) is 0 Å². The molecule has 0 aliphatic carbocycles. The molecule has 0 aliphatic rings. The van der Waals surface area contributed by atoms with Crippen LogP contribution in [0.2, 0.25) is 0 Å². The fourth-order valence-corrected chi connectivity index (χ4v) is 2.84. The van der Waals surface area contributed by atoms with Gasteiger partial charge in [0.2, 0.25) is 0 Å². The Hall–Kier alpha value is -2.46. The summed E-state index contributed by atoms with van der Waals surface area (Å²) in [5, 5.41) is 0.582. The van der Waals surface area contributed by atoms with E-state index in [1.807, 2.05) is 42.5 Å². The molecule has 0 amide bonds. The number of rotatable bonds is 2. The van der Waals surface area contributed by atoms with E-state index in [2.05, 4.69) is 0 Å². The highest BCUT2D eigenvalue weighted by molar-refractivity contribution is 7.14. The zero-order valence-electron chi connectivity index (χ0n) is 10.5. The molecule has 4 heteroatoms. The number of carbonyl (C=O) groups is 1. The SMILES string of the molecule is O=C(/C=C/c1ccccc1)n1sc2ccccc2c1=O. The van der Waals surface area contributed by atoms with Crippen LogP contribution in [0.3, 0.4) is 0 Å². The van der Waals surface area contributed by atoms with Crippen molar-refractivity contribution < 1.29 is 4.79 Å². The second kappa shape index (κ2) is 5.27. The minimum atomic E-state index is -0.319. The summed E-state index contributed by atoms with van der Waals surface area (Å²) < 4.78 is 2.00. The van der Waals surface area contributed by atoms with Gasteiger partial charge in [0.05, 0.1) is 10.1 Å². The fraction of sp³-hybridized carbons (Fsp3) is 0. The molecule has 20 heavy (non-hydrogen) atoms. The van der Waals surface area contributed by atoms with Crippen molar-refractivity contribution >= 4 is 33.6 Å². The van der Waals surface area contributed by atoms with Crippen LogP contribution in [0.15, 0.2) is 65.5 Å². The maximum atomic E-state index is 12.1. The van der Waals surface area contributed by atoms with E-state index in [9.17, 15) is 9.59 Å². The van der Waals surface area contributed by atoms with Crippen molar-refractivity contribution in [1.29, 1.82) is 0 Å². The summed E-state index contributed by atoms with van der Waals surface area (Å²) in [5.41, 5.74) is 0.670. The first-order valence-corrected chi connectivity index (χ1v) is 6.91. The molecule has 98 valence electrons. The van der Waals surface area contributed by atoms with Gasteiger partial charge in [-0.1, -0.05) is 42.5 Å². The van der Waals surface area contributed by atoms with Crippen molar-refractivity contribution in [1.82, 2.24) is 3.96 Å². The average Bonchev–Trinajstić information content (AvgIpc) is 2.84. The first kappa shape index (κ1) is 12.6. The van der Waals surface area contributed by atoms with Gasteiger partial charge in [-0.15, -0.1) is 0 Å². The normalized spacial score (nSPS) is 11.2. The summed E-state index contributed by atoms with van der Waals surface area (Å²) in [7, 11) is 0. The molecule has 3 nitrogen and oxygen atoms in total. The first-order chi connectivity index (χ1) is 9.75. The molecule has 0 bridgehead atoms. The average molecular weight is 281 g/mol. The lowest BCUT2D eigenvalue weighted by Crippen LogP contribution is -2.18. The molecule has 1 aromatic heterocycles. The van der Waals surface area contributed by atoms with Gasteiger partial charge in [0.25, 0.3) is 11.5 Å². The van der Waals surface area contributed by atoms with Gasteiger partial charge in [0.1, 0.15) is 0 Å². The Balaban J connectivity index is 1.95. The molecule has 0 fully saturated rings. The Kier molecular flexibility index (Phi) is 3.31. The highest BCUT2D eigenvalue weighted by Gasteiger charge is 2.10. The molecule has 0 unspecified atom stereocenters. The number of allylic oxidation sites excluding steroid dienone is 1. The van der Waals surface area contributed by atoms with Crippen LogP contribution in [0.1, 0.15) is 10.4 Å². The number of hydrogen-bond acceptors (Lipinski definition) is 3. The molecule has 0 saturated heterocycles. The van der Waals surface area contributed by atoms with Gasteiger partial charge in [-0.25, -0.2) is 0 Å². The molecule has 2 aromatic carbocycles. The molecule has 0 aliphatic heterocycles. The van der Waals surface area contributed by atoms with Crippen molar-refractivity contribution in [3.05, 3.63) is 76.6 Å².